The number of rotatable bonds is 3. The Labute approximate surface area is 128 Å². The number of hydrogen-bond donors (Lipinski definition) is 0. The lowest BCUT2D eigenvalue weighted by molar-refractivity contribution is 0.618. The molecule has 106 valence electrons. The lowest BCUT2D eigenvalue weighted by Gasteiger charge is -2.05. The Morgan fingerprint density at radius 3 is 2.57 bits per heavy atom. The summed E-state index contributed by atoms with van der Waals surface area (Å²) in [6, 6.07) is 17.6. The van der Waals surface area contributed by atoms with E-state index in [0.29, 0.717) is 0 Å². The molecule has 3 heteroatoms. The van der Waals surface area contributed by atoms with E-state index in [1.54, 1.807) is 0 Å². The molecule has 0 N–H and O–H groups in total. The van der Waals surface area contributed by atoms with E-state index < -0.39 is 0 Å². The Bertz CT molecular complexity index is 818. The molecule has 1 heterocycles. The second kappa shape index (κ2) is 6.15. The standard InChI is InChI=1S/C18H16ClNO/c1-2-11-20-16-12-18(13-7-9-14(19)10-8-13)21-17-6-4-3-5-15(16)17/h3-10,12H,2,11H2,1H3. The van der Waals surface area contributed by atoms with E-state index in [9.17, 15) is 0 Å². The van der Waals surface area contributed by atoms with Crippen molar-refractivity contribution in [2.75, 3.05) is 6.54 Å². The zero-order valence-corrected chi connectivity index (χ0v) is 12.6. The molecule has 0 bridgehead atoms. The molecular formula is C18H16ClNO. The van der Waals surface area contributed by atoms with Gasteiger partial charge in [-0.15, -0.1) is 0 Å². The minimum atomic E-state index is 0.718. The van der Waals surface area contributed by atoms with Crippen LogP contribution in [0.2, 0.25) is 5.02 Å². The highest BCUT2D eigenvalue weighted by atomic mass is 35.5. The van der Waals surface area contributed by atoms with Crippen LogP contribution >= 0.6 is 11.6 Å². The van der Waals surface area contributed by atoms with Gasteiger partial charge in [-0.3, -0.25) is 4.99 Å². The molecule has 0 fully saturated rings. The molecule has 0 saturated heterocycles. The van der Waals surface area contributed by atoms with Gasteiger partial charge in [-0.1, -0.05) is 30.7 Å². The molecule has 0 spiro atoms. The van der Waals surface area contributed by atoms with Gasteiger partial charge in [0.2, 0.25) is 0 Å². The largest absolute Gasteiger partial charge is 0.456 e. The van der Waals surface area contributed by atoms with Gasteiger partial charge >= 0.3 is 0 Å². The summed E-state index contributed by atoms with van der Waals surface area (Å²) in [6.07, 6.45) is 1.02. The number of benzene rings is 2. The average molecular weight is 298 g/mol. The van der Waals surface area contributed by atoms with Crippen molar-refractivity contribution in [1.82, 2.24) is 0 Å². The monoisotopic (exact) mass is 297 g/mol. The smallest absolute Gasteiger partial charge is 0.136 e. The summed E-state index contributed by atoms with van der Waals surface area (Å²) in [5.74, 6) is 0.806. The summed E-state index contributed by atoms with van der Waals surface area (Å²) in [4.78, 5) is 4.67. The Hall–Kier alpha value is -2.06. The first-order chi connectivity index (χ1) is 10.3. The summed E-state index contributed by atoms with van der Waals surface area (Å²) in [5, 5.41) is 2.74. The quantitative estimate of drug-likeness (QED) is 0.663. The van der Waals surface area contributed by atoms with Crippen LogP contribution in [0.3, 0.4) is 0 Å². The van der Waals surface area contributed by atoms with Crippen molar-refractivity contribution >= 4 is 22.6 Å². The van der Waals surface area contributed by atoms with Gasteiger partial charge in [-0.25, -0.2) is 0 Å². The van der Waals surface area contributed by atoms with E-state index in [2.05, 4.69) is 11.9 Å². The maximum atomic E-state index is 6.01. The van der Waals surface area contributed by atoms with Gasteiger partial charge in [0.25, 0.3) is 0 Å². The molecule has 1 aromatic heterocycles. The van der Waals surface area contributed by atoms with Crippen LogP contribution in [-0.4, -0.2) is 6.54 Å². The molecular weight excluding hydrogens is 282 g/mol. The predicted octanol–water partition coefficient (Wildman–Crippen LogP) is 5.06. The summed E-state index contributed by atoms with van der Waals surface area (Å²) in [6.45, 7) is 2.94. The number of halogens is 1. The molecule has 2 nitrogen and oxygen atoms in total. The normalized spacial score (nSPS) is 12.0. The van der Waals surface area contributed by atoms with Gasteiger partial charge in [0, 0.05) is 28.6 Å². The lowest BCUT2D eigenvalue weighted by atomic mass is 10.1. The Morgan fingerprint density at radius 1 is 1.05 bits per heavy atom. The zero-order valence-electron chi connectivity index (χ0n) is 11.8. The average Bonchev–Trinajstić information content (AvgIpc) is 2.53. The van der Waals surface area contributed by atoms with Gasteiger partial charge < -0.3 is 4.42 Å². The molecule has 3 rings (SSSR count). The fraction of sp³-hybridized carbons (Fsp3) is 0.167. The SMILES string of the molecule is CCCN=c1cc(-c2ccc(Cl)cc2)oc2ccccc12. The number of hydrogen-bond acceptors (Lipinski definition) is 2. The van der Waals surface area contributed by atoms with Crippen molar-refractivity contribution in [3.8, 4) is 11.3 Å². The molecule has 2 aromatic carbocycles. The summed E-state index contributed by atoms with van der Waals surface area (Å²) >= 11 is 5.94. The Morgan fingerprint density at radius 2 is 1.81 bits per heavy atom. The van der Waals surface area contributed by atoms with Crippen molar-refractivity contribution in [3.63, 3.8) is 0 Å². The molecule has 0 unspecified atom stereocenters. The molecule has 21 heavy (non-hydrogen) atoms. The predicted molar refractivity (Wildman–Crippen MR) is 87.4 cm³/mol. The van der Waals surface area contributed by atoms with Gasteiger partial charge in [-0.05, 0) is 42.8 Å². The van der Waals surface area contributed by atoms with Crippen molar-refractivity contribution in [2.24, 2.45) is 4.99 Å². The Balaban J connectivity index is 2.22. The summed E-state index contributed by atoms with van der Waals surface area (Å²) in [7, 11) is 0. The van der Waals surface area contributed by atoms with Crippen LogP contribution in [0.1, 0.15) is 13.3 Å². The first-order valence-corrected chi connectivity index (χ1v) is 7.45. The van der Waals surface area contributed by atoms with Gasteiger partial charge in [-0.2, -0.15) is 0 Å². The maximum absolute atomic E-state index is 6.01. The molecule has 0 radical (unpaired) electrons. The lowest BCUT2D eigenvalue weighted by Crippen LogP contribution is -2.04. The highest BCUT2D eigenvalue weighted by molar-refractivity contribution is 6.30. The van der Waals surface area contributed by atoms with E-state index >= 15 is 0 Å². The minimum absolute atomic E-state index is 0.718. The van der Waals surface area contributed by atoms with Crippen LogP contribution in [0.4, 0.5) is 0 Å². The van der Waals surface area contributed by atoms with Crippen molar-refractivity contribution in [2.45, 2.75) is 13.3 Å². The Kier molecular flexibility index (Phi) is 4.07. The molecule has 0 aliphatic carbocycles. The van der Waals surface area contributed by atoms with E-state index in [1.165, 1.54) is 0 Å². The fourth-order valence-electron chi connectivity index (χ4n) is 2.24. The summed E-state index contributed by atoms with van der Waals surface area (Å²) < 4.78 is 6.01. The van der Waals surface area contributed by atoms with Crippen LogP contribution in [0.5, 0.6) is 0 Å². The van der Waals surface area contributed by atoms with E-state index in [0.717, 1.165) is 45.6 Å². The number of fused-ring (bicyclic) bond motifs is 1. The van der Waals surface area contributed by atoms with Gasteiger partial charge in [0.1, 0.15) is 11.3 Å². The highest BCUT2D eigenvalue weighted by Gasteiger charge is 2.05. The van der Waals surface area contributed by atoms with Gasteiger partial charge in [0.15, 0.2) is 0 Å². The number of para-hydroxylation sites is 1. The molecule has 0 amide bonds. The first kappa shape index (κ1) is 13.9. The fourth-order valence-corrected chi connectivity index (χ4v) is 2.36. The van der Waals surface area contributed by atoms with Crippen molar-refractivity contribution in [3.05, 3.63) is 65.0 Å². The number of nitrogens with zero attached hydrogens (tertiary/aromatic N) is 1. The van der Waals surface area contributed by atoms with E-state index in [1.807, 2.05) is 54.6 Å². The second-order valence-electron chi connectivity index (χ2n) is 4.88. The molecule has 0 saturated carbocycles. The van der Waals surface area contributed by atoms with Crippen molar-refractivity contribution in [1.29, 1.82) is 0 Å². The third-order valence-corrected chi connectivity index (χ3v) is 3.54. The third-order valence-electron chi connectivity index (χ3n) is 3.29. The summed E-state index contributed by atoms with van der Waals surface area (Å²) in [5.41, 5.74) is 1.85. The van der Waals surface area contributed by atoms with Gasteiger partial charge in [0.05, 0.1) is 5.36 Å². The zero-order chi connectivity index (χ0) is 14.7. The van der Waals surface area contributed by atoms with Crippen LogP contribution < -0.4 is 5.36 Å². The van der Waals surface area contributed by atoms with Crippen LogP contribution in [-0.2, 0) is 0 Å². The van der Waals surface area contributed by atoms with E-state index in [-0.39, 0.29) is 0 Å². The maximum Gasteiger partial charge on any atom is 0.136 e. The topological polar surface area (TPSA) is 25.5 Å². The highest BCUT2D eigenvalue weighted by Crippen LogP contribution is 2.23. The molecule has 3 aromatic rings. The van der Waals surface area contributed by atoms with E-state index in [4.69, 9.17) is 16.0 Å². The van der Waals surface area contributed by atoms with Crippen LogP contribution in [0.15, 0.2) is 64.0 Å². The second-order valence-corrected chi connectivity index (χ2v) is 5.32. The minimum Gasteiger partial charge on any atom is -0.456 e. The third kappa shape index (κ3) is 3.01. The molecule has 0 aliphatic heterocycles. The van der Waals surface area contributed by atoms with Crippen molar-refractivity contribution < 1.29 is 4.42 Å². The van der Waals surface area contributed by atoms with Crippen LogP contribution in [0.25, 0.3) is 22.3 Å². The molecule has 0 aliphatic rings. The molecule has 0 atom stereocenters. The van der Waals surface area contributed by atoms with Crippen LogP contribution in [0, 0.1) is 0 Å². The first-order valence-electron chi connectivity index (χ1n) is 7.07.